The molecule has 8 heteroatoms. The van der Waals surface area contributed by atoms with Crippen molar-refractivity contribution in [2.24, 2.45) is 0 Å². The van der Waals surface area contributed by atoms with E-state index in [1.54, 1.807) is 29.2 Å². The zero-order valence-corrected chi connectivity index (χ0v) is 16.4. The highest BCUT2D eigenvalue weighted by Crippen LogP contribution is 2.31. The van der Waals surface area contributed by atoms with Crippen LogP contribution < -0.4 is 10.2 Å². The van der Waals surface area contributed by atoms with E-state index in [1.165, 1.54) is 13.8 Å². The summed E-state index contributed by atoms with van der Waals surface area (Å²) < 4.78 is 11.4. The maximum Gasteiger partial charge on any atom is 0.224 e. The van der Waals surface area contributed by atoms with Gasteiger partial charge >= 0.3 is 0 Å². The van der Waals surface area contributed by atoms with Gasteiger partial charge in [-0.1, -0.05) is 0 Å². The van der Waals surface area contributed by atoms with Gasteiger partial charge in [0.2, 0.25) is 17.7 Å². The molecule has 2 aliphatic heterocycles. The average Bonchev–Trinajstić information content (AvgIpc) is 3.11. The summed E-state index contributed by atoms with van der Waals surface area (Å²) in [6, 6.07) is 6.99. The topological polar surface area (TPSA) is 88.2 Å². The summed E-state index contributed by atoms with van der Waals surface area (Å²) >= 11 is 0. The first kappa shape index (κ1) is 20.3. The van der Waals surface area contributed by atoms with Gasteiger partial charge in [0.1, 0.15) is 0 Å². The van der Waals surface area contributed by atoms with E-state index < -0.39 is 5.79 Å². The van der Waals surface area contributed by atoms with Gasteiger partial charge in [-0.2, -0.15) is 0 Å². The smallest absolute Gasteiger partial charge is 0.224 e. The molecule has 0 atom stereocenters. The molecule has 0 saturated carbocycles. The molecule has 1 N–H and O–H groups in total. The predicted molar refractivity (Wildman–Crippen MR) is 104 cm³/mol. The SMILES string of the molecule is CC(=O)Nc1ccc(N(CCC(=O)N2CCC3(CC2)OCCO3)C(C)=O)cc1. The van der Waals surface area contributed by atoms with Crippen molar-refractivity contribution in [2.75, 3.05) is 43.1 Å². The lowest BCUT2D eigenvalue weighted by atomic mass is 10.0. The minimum atomic E-state index is -0.502. The van der Waals surface area contributed by atoms with Gasteiger partial charge in [0.25, 0.3) is 0 Å². The van der Waals surface area contributed by atoms with Crippen molar-refractivity contribution < 1.29 is 23.9 Å². The van der Waals surface area contributed by atoms with Crippen molar-refractivity contribution in [3.8, 4) is 0 Å². The Morgan fingerprint density at radius 2 is 1.68 bits per heavy atom. The Labute approximate surface area is 164 Å². The number of nitrogens with zero attached hydrogens (tertiary/aromatic N) is 2. The average molecular weight is 389 g/mol. The number of hydrogen-bond donors (Lipinski definition) is 1. The maximum atomic E-state index is 12.6. The number of rotatable bonds is 5. The minimum absolute atomic E-state index is 0.0222. The maximum absolute atomic E-state index is 12.6. The van der Waals surface area contributed by atoms with Gasteiger partial charge in [0, 0.05) is 64.1 Å². The van der Waals surface area contributed by atoms with Crippen LogP contribution in [0.25, 0.3) is 0 Å². The fourth-order valence-electron chi connectivity index (χ4n) is 3.64. The summed E-state index contributed by atoms with van der Waals surface area (Å²) in [6.07, 6.45) is 1.61. The molecular formula is C20H27N3O5. The van der Waals surface area contributed by atoms with E-state index >= 15 is 0 Å². The second-order valence-corrected chi connectivity index (χ2v) is 7.14. The zero-order chi connectivity index (χ0) is 20.1. The Hall–Kier alpha value is -2.45. The summed E-state index contributed by atoms with van der Waals surface area (Å²) in [4.78, 5) is 39.2. The van der Waals surface area contributed by atoms with E-state index in [2.05, 4.69) is 5.32 Å². The molecule has 1 spiro atoms. The Morgan fingerprint density at radius 3 is 2.21 bits per heavy atom. The molecule has 28 heavy (non-hydrogen) atoms. The molecule has 8 nitrogen and oxygen atoms in total. The van der Waals surface area contributed by atoms with E-state index in [0.29, 0.717) is 57.1 Å². The molecule has 1 aromatic rings. The van der Waals surface area contributed by atoms with Crippen molar-refractivity contribution in [3.63, 3.8) is 0 Å². The summed E-state index contributed by atoms with van der Waals surface area (Å²) in [7, 11) is 0. The highest BCUT2D eigenvalue weighted by Gasteiger charge is 2.40. The van der Waals surface area contributed by atoms with E-state index in [4.69, 9.17) is 9.47 Å². The van der Waals surface area contributed by atoms with Gasteiger partial charge in [0.05, 0.1) is 13.2 Å². The Balaban J connectivity index is 1.54. The van der Waals surface area contributed by atoms with Crippen LogP contribution in [0.2, 0.25) is 0 Å². The van der Waals surface area contributed by atoms with Gasteiger partial charge in [-0.15, -0.1) is 0 Å². The van der Waals surface area contributed by atoms with Crippen LogP contribution in [0.4, 0.5) is 11.4 Å². The first-order valence-corrected chi connectivity index (χ1v) is 9.60. The van der Waals surface area contributed by atoms with Gasteiger partial charge in [-0.3, -0.25) is 14.4 Å². The summed E-state index contributed by atoms with van der Waals surface area (Å²) in [6.45, 7) is 5.65. The highest BCUT2D eigenvalue weighted by atomic mass is 16.7. The molecule has 2 saturated heterocycles. The quantitative estimate of drug-likeness (QED) is 0.829. The molecule has 152 valence electrons. The first-order valence-electron chi connectivity index (χ1n) is 9.60. The fraction of sp³-hybridized carbons (Fsp3) is 0.550. The summed E-state index contributed by atoms with van der Waals surface area (Å²) in [5.74, 6) is -0.768. The van der Waals surface area contributed by atoms with E-state index in [0.717, 1.165) is 0 Å². The van der Waals surface area contributed by atoms with Crippen molar-refractivity contribution in [2.45, 2.75) is 38.9 Å². The van der Waals surface area contributed by atoms with Gasteiger partial charge in [-0.05, 0) is 24.3 Å². The van der Waals surface area contributed by atoms with Crippen LogP contribution in [-0.2, 0) is 23.9 Å². The monoisotopic (exact) mass is 389 g/mol. The van der Waals surface area contributed by atoms with Crippen molar-refractivity contribution in [3.05, 3.63) is 24.3 Å². The molecule has 0 aromatic heterocycles. The van der Waals surface area contributed by atoms with Crippen LogP contribution in [0.1, 0.15) is 33.1 Å². The molecule has 1 aromatic carbocycles. The Kier molecular flexibility index (Phi) is 6.31. The molecule has 0 radical (unpaired) electrons. The molecule has 2 heterocycles. The van der Waals surface area contributed by atoms with Gasteiger partial charge in [-0.25, -0.2) is 0 Å². The largest absolute Gasteiger partial charge is 0.347 e. The number of amides is 3. The summed E-state index contributed by atoms with van der Waals surface area (Å²) in [5.41, 5.74) is 1.36. The second kappa shape index (κ2) is 8.70. The van der Waals surface area contributed by atoms with Crippen LogP contribution in [0.3, 0.4) is 0 Å². The molecule has 0 unspecified atom stereocenters. The number of carbonyl (C=O) groups is 3. The number of piperidine rings is 1. The third-order valence-electron chi connectivity index (χ3n) is 5.12. The lowest BCUT2D eigenvalue weighted by molar-refractivity contribution is -0.187. The predicted octanol–water partition coefficient (Wildman–Crippen LogP) is 1.75. The van der Waals surface area contributed by atoms with Gasteiger partial charge in [0.15, 0.2) is 5.79 Å². The summed E-state index contributed by atoms with van der Waals surface area (Å²) in [5, 5.41) is 2.69. The first-order chi connectivity index (χ1) is 13.4. The standard InChI is InChI=1S/C20H27N3O5/c1-15(24)21-17-3-5-18(6-4-17)23(16(2)25)10-7-19(26)22-11-8-20(9-12-22)27-13-14-28-20/h3-6H,7-14H2,1-2H3,(H,21,24). The third kappa shape index (κ3) is 4.88. The second-order valence-electron chi connectivity index (χ2n) is 7.14. The normalized spacial score (nSPS) is 18.1. The molecule has 3 rings (SSSR count). The number of anilines is 2. The van der Waals surface area contributed by atoms with E-state index in [-0.39, 0.29) is 24.1 Å². The minimum Gasteiger partial charge on any atom is -0.347 e. The molecule has 3 amide bonds. The van der Waals surface area contributed by atoms with Crippen LogP contribution in [0, 0.1) is 0 Å². The van der Waals surface area contributed by atoms with Crippen molar-refractivity contribution >= 4 is 29.1 Å². The number of carbonyl (C=O) groups excluding carboxylic acids is 3. The third-order valence-corrected chi connectivity index (χ3v) is 5.12. The lowest BCUT2D eigenvalue weighted by Crippen LogP contribution is -2.48. The number of nitrogens with one attached hydrogen (secondary N) is 1. The molecular weight excluding hydrogens is 362 g/mol. The van der Waals surface area contributed by atoms with Crippen molar-refractivity contribution in [1.82, 2.24) is 4.90 Å². The molecule has 0 bridgehead atoms. The Bertz CT molecular complexity index is 718. The number of benzene rings is 1. The van der Waals surface area contributed by atoms with E-state index in [1.807, 2.05) is 4.90 Å². The lowest BCUT2D eigenvalue weighted by Gasteiger charge is -2.37. The van der Waals surface area contributed by atoms with Crippen LogP contribution in [-0.4, -0.2) is 61.3 Å². The number of hydrogen-bond acceptors (Lipinski definition) is 5. The van der Waals surface area contributed by atoms with E-state index in [9.17, 15) is 14.4 Å². The van der Waals surface area contributed by atoms with Crippen LogP contribution in [0.5, 0.6) is 0 Å². The fourth-order valence-corrected chi connectivity index (χ4v) is 3.64. The molecule has 2 fully saturated rings. The number of ether oxygens (including phenoxy) is 2. The van der Waals surface area contributed by atoms with Crippen molar-refractivity contribution in [1.29, 1.82) is 0 Å². The molecule has 2 aliphatic rings. The highest BCUT2D eigenvalue weighted by molar-refractivity contribution is 5.93. The van der Waals surface area contributed by atoms with Crippen LogP contribution in [0.15, 0.2) is 24.3 Å². The Morgan fingerprint density at radius 1 is 1.07 bits per heavy atom. The molecule has 0 aliphatic carbocycles. The number of likely N-dealkylation sites (tertiary alicyclic amines) is 1. The van der Waals surface area contributed by atoms with Gasteiger partial charge < -0.3 is 24.6 Å². The van der Waals surface area contributed by atoms with Crippen LogP contribution >= 0.6 is 0 Å². The zero-order valence-electron chi connectivity index (χ0n) is 16.4.